The average Bonchev–Trinajstić information content (AvgIpc) is 2.60. The Morgan fingerprint density at radius 1 is 0.960 bits per heavy atom. The summed E-state index contributed by atoms with van der Waals surface area (Å²) in [7, 11) is 0. The highest BCUT2D eigenvalue weighted by atomic mass is 35.5. The van der Waals surface area contributed by atoms with E-state index in [-0.39, 0.29) is 0 Å². The Kier molecular flexibility index (Phi) is 5.52. The molecule has 0 unspecified atom stereocenters. The Labute approximate surface area is 153 Å². The number of aryl methyl sites for hydroxylation is 2. The number of ether oxygens (including phenoxy) is 1. The summed E-state index contributed by atoms with van der Waals surface area (Å²) in [4.78, 5) is 4.57. The van der Waals surface area contributed by atoms with E-state index in [0.29, 0.717) is 6.61 Å². The van der Waals surface area contributed by atoms with Gasteiger partial charge < -0.3 is 4.74 Å². The summed E-state index contributed by atoms with van der Waals surface area (Å²) < 4.78 is 5.79. The lowest BCUT2D eigenvalue weighted by Crippen LogP contribution is -1.95. The second-order valence-electron chi connectivity index (χ2n) is 6.04. The van der Waals surface area contributed by atoms with E-state index in [1.54, 1.807) is 0 Å². The largest absolute Gasteiger partial charge is 0.489 e. The Morgan fingerprint density at radius 2 is 1.76 bits per heavy atom. The van der Waals surface area contributed by atoms with Crippen molar-refractivity contribution < 1.29 is 4.74 Å². The summed E-state index contributed by atoms with van der Waals surface area (Å²) in [6.07, 6.45) is 1.87. The maximum atomic E-state index is 5.98. The van der Waals surface area contributed by atoms with Gasteiger partial charge in [0.05, 0.1) is 5.69 Å². The molecule has 0 heterocycles. The van der Waals surface area contributed by atoms with Gasteiger partial charge in [0.2, 0.25) is 0 Å². The minimum Gasteiger partial charge on any atom is -0.489 e. The highest BCUT2D eigenvalue weighted by Crippen LogP contribution is 2.20. The first-order chi connectivity index (χ1) is 12.1. The monoisotopic (exact) mass is 349 g/mol. The normalized spacial score (nSPS) is 11.0. The molecule has 0 saturated carbocycles. The van der Waals surface area contributed by atoms with Crippen molar-refractivity contribution in [2.75, 3.05) is 0 Å². The molecule has 0 aliphatic heterocycles. The molecular weight excluding hydrogens is 330 g/mol. The van der Waals surface area contributed by atoms with Crippen LogP contribution in [0.3, 0.4) is 0 Å². The van der Waals surface area contributed by atoms with Crippen LogP contribution in [-0.4, -0.2) is 6.21 Å². The molecule has 0 atom stereocenters. The van der Waals surface area contributed by atoms with Crippen LogP contribution in [0.5, 0.6) is 5.75 Å². The summed E-state index contributed by atoms with van der Waals surface area (Å²) in [5, 5.41) is 0.721. The summed E-state index contributed by atoms with van der Waals surface area (Å²) in [5.41, 5.74) is 5.50. The molecule has 0 saturated heterocycles. The molecule has 0 aliphatic carbocycles. The predicted molar refractivity (Wildman–Crippen MR) is 105 cm³/mol. The van der Waals surface area contributed by atoms with Crippen LogP contribution in [0, 0.1) is 13.8 Å². The molecule has 0 aliphatic rings. The van der Waals surface area contributed by atoms with Gasteiger partial charge in [-0.2, -0.15) is 0 Å². The minimum atomic E-state index is 0.497. The molecule has 3 heteroatoms. The van der Waals surface area contributed by atoms with Crippen molar-refractivity contribution in [3.8, 4) is 5.75 Å². The molecule has 3 aromatic rings. The van der Waals surface area contributed by atoms with Gasteiger partial charge in [-0.05, 0) is 73.0 Å². The van der Waals surface area contributed by atoms with E-state index in [1.807, 2.05) is 60.8 Å². The molecule has 0 N–H and O–H groups in total. The first-order valence-electron chi connectivity index (χ1n) is 8.19. The van der Waals surface area contributed by atoms with Crippen LogP contribution in [0.1, 0.15) is 22.3 Å². The van der Waals surface area contributed by atoms with Gasteiger partial charge in [-0.15, -0.1) is 0 Å². The van der Waals surface area contributed by atoms with Gasteiger partial charge in [0.15, 0.2) is 0 Å². The van der Waals surface area contributed by atoms with Gasteiger partial charge in [-0.1, -0.05) is 41.4 Å². The van der Waals surface area contributed by atoms with E-state index in [0.717, 1.165) is 27.6 Å². The number of halogens is 1. The van der Waals surface area contributed by atoms with E-state index in [1.165, 1.54) is 11.1 Å². The van der Waals surface area contributed by atoms with Gasteiger partial charge in [-0.25, -0.2) is 0 Å². The van der Waals surface area contributed by atoms with Crippen LogP contribution in [0.2, 0.25) is 5.02 Å². The van der Waals surface area contributed by atoms with Gasteiger partial charge >= 0.3 is 0 Å². The SMILES string of the molecule is Cc1ccc(N=Cc2ccc(OCc3cccc(Cl)c3)cc2)c(C)c1. The average molecular weight is 350 g/mol. The van der Waals surface area contributed by atoms with Crippen LogP contribution in [-0.2, 0) is 6.61 Å². The molecule has 0 amide bonds. The third-order valence-corrected chi connectivity index (χ3v) is 4.11. The zero-order valence-electron chi connectivity index (χ0n) is 14.4. The third-order valence-electron chi connectivity index (χ3n) is 3.88. The predicted octanol–water partition coefficient (Wildman–Crippen LogP) is 6.29. The van der Waals surface area contributed by atoms with E-state index in [9.17, 15) is 0 Å². The lowest BCUT2D eigenvalue weighted by Gasteiger charge is -2.07. The summed E-state index contributed by atoms with van der Waals surface area (Å²) >= 11 is 5.98. The van der Waals surface area contributed by atoms with Crippen molar-refractivity contribution in [3.05, 3.63) is 94.0 Å². The fraction of sp³-hybridized carbons (Fsp3) is 0.136. The zero-order chi connectivity index (χ0) is 17.6. The van der Waals surface area contributed by atoms with E-state index >= 15 is 0 Å². The molecule has 3 aromatic carbocycles. The lowest BCUT2D eigenvalue weighted by atomic mass is 10.1. The maximum Gasteiger partial charge on any atom is 0.119 e. The second kappa shape index (κ2) is 8.00. The molecule has 2 nitrogen and oxygen atoms in total. The van der Waals surface area contributed by atoms with Crippen molar-refractivity contribution in [2.45, 2.75) is 20.5 Å². The molecule has 0 aromatic heterocycles. The van der Waals surface area contributed by atoms with Crippen LogP contribution in [0.4, 0.5) is 5.69 Å². The summed E-state index contributed by atoms with van der Waals surface area (Å²) in [5.74, 6) is 0.823. The van der Waals surface area contributed by atoms with E-state index < -0.39 is 0 Å². The number of hydrogen-bond acceptors (Lipinski definition) is 2. The highest BCUT2D eigenvalue weighted by molar-refractivity contribution is 6.30. The second-order valence-corrected chi connectivity index (χ2v) is 6.47. The fourth-order valence-corrected chi connectivity index (χ4v) is 2.75. The standard InChI is InChI=1S/C22H20ClNO/c1-16-6-11-22(17(2)12-16)24-14-18-7-9-21(10-8-18)25-15-19-4-3-5-20(23)13-19/h3-14H,15H2,1-2H3. The summed E-state index contributed by atoms with van der Waals surface area (Å²) in [6.45, 7) is 4.66. The number of aliphatic imine (C=N–C) groups is 1. The number of nitrogens with zero attached hydrogens (tertiary/aromatic N) is 1. The van der Waals surface area contributed by atoms with E-state index in [2.05, 4.69) is 31.0 Å². The molecule has 0 bridgehead atoms. The first kappa shape index (κ1) is 17.2. The first-order valence-corrected chi connectivity index (χ1v) is 8.56. The zero-order valence-corrected chi connectivity index (χ0v) is 15.1. The third kappa shape index (κ3) is 4.94. The van der Waals surface area contributed by atoms with Gasteiger partial charge in [0, 0.05) is 11.2 Å². The smallest absolute Gasteiger partial charge is 0.119 e. The van der Waals surface area contributed by atoms with Crippen molar-refractivity contribution in [3.63, 3.8) is 0 Å². The van der Waals surface area contributed by atoms with Crippen molar-refractivity contribution in [1.29, 1.82) is 0 Å². The topological polar surface area (TPSA) is 21.6 Å². The molecule has 126 valence electrons. The maximum absolute atomic E-state index is 5.98. The highest BCUT2D eigenvalue weighted by Gasteiger charge is 1.99. The van der Waals surface area contributed by atoms with Gasteiger partial charge in [0.25, 0.3) is 0 Å². The molecule has 3 rings (SSSR count). The molecule has 25 heavy (non-hydrogen) atoms. The quantitative estimate of drug-likeness (QED) is 0.496. The van der Waals surface area contributed by atoms with Crippen LogP contribution in [0.25, 0.3) is 0 Å². The number of rotatable bonds is 5. The van der Waals surface area contributed by atoms with Gasteiger partial charge in [0.1, 0.15) is 12.4 Å². The van der Waals surface area contributed by atoms with Crippen LogP contribution < -0.4 is 4.74 Å². The Hall–Kier alpha value is -2.58. The van der Waals surface area contributed by atoms with Crippen molar-refractivity contribution >= 4 is 23.5 Å². The molecule has 0 spiro atoms. The van der Waals surface area contributed by atoms with Crippen molar-refractivity contribution in [2.24, 2.45) is 4.99 Å². The number of hydrogen-bond donors (Lipinski definition) is 0. The van der Waals surface area contributed by atoms with Crippen molar-refractivity contribution in [1.82, 2.24) is 0 Å². The van der Waals surface area contributed by atoms with Crippen LogP contribution in [0.15, 0.2) is 71.7 Å². The molecule has 0 radical (unpaired) electrons. The molecule has 0 fully saturated rings. The lowest BCUT2D eigenvalue weighted by molar-refractivity contribution is 0.306. The number of benzene rings is 3. The minimum absolute atomic E-state index is 0.497. The van der Waals surface area contributed by atoms with Crippen LogP contribution >= 0.6 is 11.6 Å². The fourth-order valence-electron chi connectivity index (χ4n) is 2.54. The molecular formula is C22H20ClNO. The Bertz CT molecular complexity index is 885. The van der Waals surface area contributed by atoms with Gasteiger partial charge in [-0.3, -0.25) is 4.99 Å². The Balaban J connectivity index is 1.63. The van der Waals surface area contributed by atoms with E-state index in [4.69, 9.17) is 16.3 Å². The summed E-state index contributed by atoms with van der Waals surface area (Å²) in [6, 6.07) is 21.9. The Morgan fingerprint density at radius 3 is 2.48 bits per heavy atom.